The van der Waals surface area contributed by atoms with Gasteiger partial charge in [0, 0.05) is 35.5 Å². The van der Waals surface area contributed by atoms with Gasteiger partial charge < -0.3 is 10.2 Å². The number of nitrogens with zero attached hydrogens (tertiary/aromatic N) is 1. The van der Waals surface area contributed by atoms with E-state index in [-0.39, 0.29) is 11.9 Å². The second-order valence-corrected chi connectivity index (χ2v) is 5.89. The number of rotatable bonds is 4. The highest BCUT2D eigenvalue weighted by Gasteiger charge is 2.11. The Kier molecular flexibility index (Phi) is 4.65. The van der Waals surface area contributed by atoms with E-state index in [4.69, 9.17) is 0 Å². The van der Waals surface area contributed by atoms with E-state index in [1.54, 1.807) is 6.07 Å². The second kappa shape index (κ2) is 6.27. The van der Waals surface area contributed by atoms with Crippen molar-refractivity contribution in [2.24, 2.45) is 0 Å². The van der Waals surface area contributed by atoms with E-state index >= 15 is 0 Å². The van der Waals surface area contributed by atoms with Crippen molar-refractivity contribution in [2.75, 3.05) is 24.3 Å². The molecular formula is C16H18BrFN2. The van der Waals surface area contributed by atoms with Crippen molar-refractivity contribution >= 4 is 27.3 Å². The van der Waals surface area contributed by atoms with Crippen molar-refractivity contribution < 1.29 is 4.39 Å². The number of nitrogens with one attached hydrogen (secondary N) is 1. The van der Waals surface area contributed by atoms with E-state index in [0.29, 0.717) is 5.56 Å². The van der Waals surface area contributed by atoms with Gasteiger partial charge in [0.1, 0.15) is 5.82 Å². The first kappa shape index (κ1) is 14.9. The van der Waals surface area contributed by atoms with Crippen LogP contribution in [0.15, 0.2) is 46.9 Å². The Morgan fingerprint density at radius 3 is 2.30 bits per heavy atom. The minimum atomic E-state index is -0.204. The average molecular weight is 337 g/mol. The quantitative estimate of drug-likeness (QED) is 0.860. The molecule has 2 rings (SSSR count). The summed E-state index contributed by atoms with van der Waals surface area (Å²) in [5.41, 5.74) is 2.77. The third kappa shape index (κ3) is 3.51. The number of hydrogen-bond donors (Lipinski definition) is 1. The molecule has 0 aliphatic heterocycles. The van der Waals surface area contributed by atoms with Gasteiger partial charge in [-0.3, -0.25) is 0 Å². The van der Waals surface area contributed by atoms with Crippen LogP contribution in [0.3, 0.4) is 0 Å². The molecule has 0 saturated carbocycles. The lowest BCUT2D eigenvalue weighted by Gasteiger charge is -2.18. The van der Waals surface area contributed by atoms with E-state index in [9.17, 15) is 4.39 Å². The molecule has 0 radical (unpaired) electrons. The van der Waals surface area contributed by atoms with E-state index in [2.05, 4.69) is 21.2 Å². The highest BCUT2D eigenvalue weighted by molar-refractivity contribution is 9.10. The summed E-state index contributed by atoms with van der Waals surface area (Å²) in [5, 5.41) is 3.31. The van der Waals surface area contributed by atoms with Crippen molar-refractivity contribution in [1.29, 1.82) is 0 Å². The first-order valence-corrected chi connectivity index (χ1v) is 7.25. The summed E-state index contributed by atoms with van der Waals surface area (Å²) in [4.78, 5) is 2.04. The maximum atomic E-state index is 13.9. The lowest BCUT2D eigenvalue weighted by Crippen LogP contribution is -2.10. The van der Waals surface area contributed by atoms with Gasteiger partial charge in [-0.2, -0.15) is 0 Å². The largest absolute Gasteiger partial charge is 0.378 e. The van der Waals surface area contributed by atoms with E-state index in [1.807, 2.05) is 56.3 Å². The first-order chi connectivity index (χ1) is 9.47. The lowest BCUT2D eigenvalue weighted by molar-refractivity contribution is 0.599. The van der Waals surface area contributed by atoms with Crippen LogP contribution in [0.4, 0.5) is 15.8 Å². The van der Waals surface area contributed by atoms with Gasteiger partial charge in [0.05, 0.1) is 6.04 Å². The van der Waals surface area contributed by atoms with Crippen LogP contribution in [0.1, 0.15) is 18.5 Å². The minimum Gasteiger partial charge on any atom is -0.378 e. The maximum Gasteiger partial charge on any atom is 0.129 e. The SMILES string of the molecule is CC(Nc1ccc(N(C)C)cc1)c1ccc(Br)cc1F. The first-order valence-electron chi connectivity index (χ1n) is 6.46. The summed E-state index contributed by atoms with van der Waals surface area (Å²) < 4.78 is 14.6. The molecule has 2 nitrogen and oxygen atoms in total. The molecule has 0 heterocycles. The molecule has 1 atom stereocenters. The highest BCUT2D eigenvalue weighted by Crippen LogP contribution is 2.25. The molecule has 0 fully saturated rings. The number of benzene rings is 2. The van der Waals surface area contributed by atoms with Gasteiger partial charge in [0.2, 0.25) is 0 Å². The Morgan fingerprint density at radius 1 is 1.10 bits per heavy atom. The summed E-state index contributed by atoms with van der Waals surface area (Å²) in [5.74, 6) is -0.204. The topological polar surface area (TPSA) is 15.3 Å². The van der Waals surface area contributed by atoms with E-state index in [1.165, 1.54) is 6.07 Å². The Morgan fingerprint density at radius 2 is 1.75 bits per heavy atom. The molecule has 4 heteroatoms. The maximum absolute atomic E-state index is 13.9. The molecule has 0 spiro atoms. The van der Waals surface area contributed by atoms with Crippen LogP contribution >= 0.6 is 15.9 Å². The molecule has 0 aliphatic carbocycles. The van der Waals surface area contributed by atoms with Crippen molar-refractivity contribution in [2.45, 2.75) is 13.0 Å². The van der Waals surface area contributed by atoms with Crippen LogP contribution in [0, 0.1) is 5.82 Å². The summed E-state index contributed by atoms with van der Waals surface area (Å²) >= 11 is 3.27. The summed E-state index contributed by atoms with van der Waals surface area (Å²) in [6.07, 6.45) is 0. The molecule has 106 valence electrons. The predicted molar refractivity (Wildman–Crippen MR) is 86.9 cm³/mol. The van der Waals surface area contributed by atoms with Gasteiger partial charge in [0.15, 0.2) is 0 Å². The van der Waals surface area contributed by atoms with Crippen LogP contribution in [0.25, 0.3) is 0 Å². The molecule has 0 aliphatic rings. The zero-order chi connectivity index (χ0) is 14.7. The Balaban J connectivity index is 2.12. The fourth-order valence-electron chi connectivity index (χ4n) is 2.04. The third-order valence-corrected chi connectivity index (χ3v) is 3.69. The standard InChI is InChI=1S/C16H18BrFN2/c1-11(15-9-4-12(17)10-16(15)18)19-13-5-7-14(8-6-13)20(2)3/h4-11,19H,1-3H3. The van der Waals surface area contributed by atoms with Gasteiger partial charge in [-0.15, -0.1) is 0 Å². The van der Waals surface area contributed by atoms with Gasteiger partial charge >= 0.3 is 0 Å². The van der Waals surface area contributed by atoms with Gasteiger partial charge in [-0.1, -0.05) is 22.0 Å². The molecule has 0 aromatic heterocycles. The zero-order valence-corrected chi connectivity index (χ0v) is 13.4. The fraction of sp³-hybridized carbons (Fsp3) is 0.250. The molecule has 1 unspecified atom stereocenters. The molecule has 2 aromatic carbocycles. The molecule has 2 aromatic rings. The molecule has 20 heavy (non-hydrogen) atoms. The van der Waals surface area contributed by atoms with Crippen molar-refractivity contribution in [3.8, 4) is 0 Å². The van der Waals surface area contributed by atoms with Gasteiger partial charge in [-0.25, -0.2) is 4.39 Å². The summed E-state index contributed by atoms with van der Waals surface area (Å²) in [6.45, 7) is 1.95. The van der Waals surface area contributed by atoms with E-state index in [0.717, 1.165) is 15.8 Å². The Labute approximate surface area is 127 Å². The van der Waals surface area contributed by atoms with Crippen molar-refractivity contribution in [3.63, 3.8) is 0 Å². The van der Waals surface area contributed by atoms with Crippen molar-refractivity contribution in [1.82, 2.24) is 0 Å². The van der Waals surface area contributed by atoms with Crippen LogP contribution < -0.4 is 10.2 Å². The normalized spacial score (nSPS) is 12.1. The van der Waals surface area contributed by atoms with Crippen LogP contribution in [0.2, 0.25) is 0 Å². The number of hydrogen-bond acceptors (Lipinski definition) is 2. The second-order valence-electron chi connectivity index (χ2n) is 4.97. The molecule has 0 amide bonds. The van der Waals surface area contributed by atoms with Crippen molar-refractivity contribution in [3.05, 3.63) is 58.3 Å². The van der Waals surface area contributed by atoms with Crippen LogP contribution in [0.5, 0.6) is 0 Å². The smallest absolute Gasteiger partial charge is 0.129 e. The average Bonchev–Trinajstić information content (AvgIpc) is 2.39. The third-order valence-electron chi connectivity index (χ3n) is 3.20. The van der Waals surface area contributed by atoms with Gasteiger partial charge in [-0.05, 0) is 43.3 Å². The van der Waals surface area contributed by atoms with Gasteiger partial charge in [0.25, 0.3) is 0 Å². The number of halogens is 2. The molecule has 0 saturated heterocycles. The fourth-order valence-corrected chi connectivity index (χ4v) is 2.37. The highest BCUT2D eigenvalue weighted by atomic mass is 79.9. The predicted octanol–water partition coefficient (Wildman–Crippen LogP) is 4.83. The molecule has 1 N–H and O–H groups in total. The minimum absolute atomic E-state index is 0.0895. The van der Waals surface area contributed by atoms with E-state index < -0.39 is 0 Å². The number of anilines is 2. The Bertz CT molecular complexity index is 582. The van der Waals surface area contributed by atoms with Crippen LogP contribution in [-0.2, 0) is 0 Å². The summed E-state index contributed by atoms with van der Waals surface area (Å²) in [6, 6.07) is 13.1. The Hall–Kier alpha value is -1.55. The monoisotopic (exact) mass is 336 g/mol. The zero-order valence-electron chi connectivity index (χ0n) is 11.8. The lowest BCUT2D eigenvalue weighted by atomic mass is 10.1. The summed E-state index contributed by atoms with van der Waals surface area (Å²) in [7, 11) is 4.00. The van der Waals surface area contributed by atoms with Crippen LogP contribution in [-0.4, -0.2) is 14.1 Å². The molecule has 0 bridgehead atoms. The molecular weight excluding hydrogens is 319 g/mol.